The molecule has 0 radical (unpaired) electrons. The summed E-state index contributed by atoms with van der Waals surface area (Å²) in [6.07, 6.45) is 1.96. The molecule has 1 aliphatic heterocycles. The summed E-state index contributed by atoms with van der Waals surface area (Å²) in [6.45, 7) is 2.86. The van der Waals surface area contributed by atoms with Crippen LogP contribution >= 0.6 is 0 Å². The fourth-order valence-electron chi connectivity index (χ4n) is 3.76. The molecule has 4 nitrogen and oxygen atoms in total. The molecule has 0 atom stereocenters. The van der Waals surface area contributed by atoms with Crippen LogP contribution in [-0.4, -0.2) is 12.7 Å². The standard InChI is InChI=1S/C25H25NO3/c1-2-9-20-14-22-23(29-17-28-22)15-21(20)16-26-25(27)24(18-10-5-3-6-11-18)19-12-7-4-8-13-19/h3-8,10-15,24H,2,9,16-17H2,1H3,(H,26,27). The Bertz CT molecular complexity index is 931. The van der Waals surface area contributed by atoms with E-state index in [-0.39, 0.29) is 18.6 Å². The van der Waals surface area contributed by atoms with E-state index in [0.29, 0.717) is 6.54 Å². The number of carbonyl (C=O) groups excluding carboxylic acids is 1. The van der Waals surface area contributed by atoms with Crippen LogP contribution in [0.15, 0.2) is 72.8 Å². The van der Waals surface area contributed by atoms with E-state index >= 15 is 0 Å². The monoisotopic (exact) mass is 387 g/mol. The number of nitrogens with one attached hydrogen (secondary N) is 1. The van der Waals surface area contributed by atoms with Gasteiger partial charge in [-0.1, -0.05) is 74.0 Å². The van der Waals surface area contributed by atoms with Gasteiger partial charge < -0.3 is 14.8 Å². The first kappa shape index (κ1) is 19.1. The Morgan fingerprint density at radius 1 is 0.897 bits per heavy atom. The van der Waals surface area contributed by atoms with Gasteiger partial charge in [-0.15, -0.1) is 0 Å². The summed E-state index contributed by atoms with van der Waals surface area (Å²) in [5.41, 5.74) is 4.23. The maximum atomic E-state index is 13.3. The predicted molar refractivity (Wildman–Crippen MR) is 113 cm³/mol. The Morgan fingerprint density at radius 2 is 1.45 bits per heavy atom. The summed E-state index contributed by atoms with van der Waals surface area (Å²) < 4.78 is 11.0. The summed E-state index contributed by atoms with van der Waals surface area (Å²) in [6, 6.07) is 23.8. The average molecular weight is 387 g/mol. The Labute approximate surface area is 171 Å². The second-order valence-corrected chi connectivity index (χ2v) is 7.20. The quantitative estimate of drug-likeness (QED) is 0.632. The van der Waals surface area contributed by atoms with Crippen molar-refractivity contribution in [3.05, 3.63) is 95.1 Å². The molecule has 4 heteroatoms. The van der Waals surface area contributed by atoms with Crippen LogP contribution in [0.2, 0.25) is 0 Å². The first-order valence-electron chi connectivity index (χ1n) is 10.0. The van der Waals surface area contributed by atoms with Gasteiger partial charge in [-0.05, 0) is 40.8 Å². The number of aryl methyl sites for hydroxylation is 1. The Kier molecular flexibility index (Phi) is 5.80. The molecule has 0 saturated heterocycles. The van der Waals surface area contributed by atoms with Crippen LogP contribution in [0, 0.1) is 0 Å². The highest BCUT2D eigenvalue weighted by atomic mass is 16.7. The molecule has 4 rings (SSSR count). The van der Waals surface area contributed by atoms with Crippen molar-refractivity contribution in [2.24, 2.45) is 0 Å². The van der Waals surface area contributed by atoms with Gasteiger partial charge in [0.1, 0.15) is 0 Å². The molecule has 0 unspecified atom stereocenters. The zero-order valence-corrected chi connectivity index (χ0v) is 16.6. The van der Waals surface area contributed by atoms with Gasteiger partial charge in [-0.2, -0.15) is 0 Å². The van der Waals surface area contributed by atoms with Crippen molar-refractivity contribution in [3.63, 3.8) is 0 Å². The molecule has 0 aromatic heterocycles. The number of hydrogen-bond acceptors (Lipinski definition) is 3. The summed E-state index contributed by atoms with van der Waals surface area (Å²) in [4.78, 5) is 13.3. The van der Waals surface area contributed by atoms with E-state index in [1.54, 1.807) is 0 Å². The number of benzene rings is 3. The molecule has 148 valence electrons. The second kappa shape index (κ2) is 8.82. The lowest BCUT2D eigenvalue weighted by Crippen LogP contribution is -2.30. The smallest absolute Gasteiger partial charge is 0.232 e. The number of ether oxygens (including phenoxy) is 2. The lowest BCUT2D eigenvalue weighted by Gasteiger charge is -2.19. The van der Waals surface area contributed by atoms with Gasteiger partial charge in [0, 0.05) is 6.54 Å². The third-order valence-corrected chi connectivity index (χ3v) is 5.20. The minimum Gasteiger partial charge on any atom is -0.454 e. The number of amides is 1. The maximum absolute atomic E-state index is 13.3. The van der Waals surface area contributed by atoms with Crippen LogP contribution in [0.1, 0.15) is 41.5 Å². The highest BCUT2D eigenvalue weighted by molar-refractivity contribution is 5.87. The fraction of sp³-hybridized carbons (Fsp3) is 0.240. The molecule has 1 N–H and O–H groups in total. The van der Waals surface area contributed by atoms with Crippen molar-refractivity contribution >= 4 is 5.91 Å². The second-order valence-electron chi connectivity index (χ2n) is 7.20. The molecular weight excluding hydrogens is 362 g/mol. The van der Waals surface area contributed by atoms with Gasteiger partial charge in [-0.3, -0.25) is 4.79 Å². The molecule has 0 saturated carbocycles. The molecule has 0 fully saturated rings. The number of carbonyl (C=O) groups is 1. The van der Waals surface area contributed by atoms with E-state index in [1.165, 1.54) is 5.56 Å². The van der Waals surface area contributed by atoms with E-state index in [4.69, 9.17) is 9.47 Å². The lowest BCUT2D eigenvalue weighted by atomic mass is 9.90. The van der Waals surface area contributed by atoms with Gasteiger partial charge in [0.05, 0.1) is 5.92 Å². The molecule has 1 aliphatic rings. The molecule has 1 heterocycles. The molecule has 3 aromatic carbocycles. The third-order valence-electron chi connectivity index (χ3n) is 5.20. The van der Waals surface area contributed by atoms with Crippen molar-refractivity contribution < 1.29 is 14.3 Å². The van der Waals surface area contributed by atoms with Gasteiger partial charge >= 0.3 is 0 Å². The Balaban J connectivity index is 1.58. The summed E-state index contributed by atoms with van der Waals surface area (Å²) >= 11 is 0. The summed E-state index contributed by atoms with van der Waals surface area (Å²) in [5, 5.41) is 3.15. The van der Waals surface area contributed by atoms with Crippen LogP contribution in [-0.2, 0) is 17.8 Å². The molecule has 29 heavy (non-hydrogen) atoms. The fourth-order valence-corrected chi connectivity index (χ4v) is 3.76. The van der Waals surface area contributed by atoms with E-state index in [2.05, 4.69) is 12.2 Å². The van der Waals surface area contributed by atoms with Crippen molar-refractivity contribution in [1.82, 2.24) is 5.32 Å². The third kappa shape index (κ3) is 4.27. The van der Waals surface area contributed by atoms with Crippen LogP contribution in [0.3, 0.4) is 0 Å². The molecule has 1 amide bonds. The number of fused-ring (bicyclic) bond motifs is 1. The normalized spacial score (nSPS) is 12.2. The molecular formula is C25H25NO3. The first-order valence-corrected chi connectivity index (χ1v) is 10.0. The van der Waals surface area contributed by atoms with E-state index in [1.807, 2.05) is 72.8 Å². The van der Waals surface area contributed by atoms with Crippen LogP contribution in [0.25, 0.3) is 0 Å². The first-order chi connectivity index (χ1) is 14.3. The van der Waals surface area contributed by atoms with Crippen molar-refractivity contribution in [2.75, 3.05) is 6.79 Å². The molecule has 0 spiro atoms. The van der Waals surface area contributed by atoms with Gasteiger partial charge in [0.2, 0.25) is 12.7 Å². The average Bonchev–Trinajstić information content (AvgIpc) is 3.21. The SMILES string of the molecule is CCCc1cc2c(cc1CNC(=O)C(c1ccccc1)c1ccccc1)OCO2. The maximum Gasteiger partial charge on any atom is 0.232 e. The number of hydrogen-bond donors (Lipinski definition) is 1. The zero-order valence-electron chi connectivity index (χ0n) is 16.6. The van der Waals surface area contributed by atoms with Crippen LogP contribution in [0.5, 0.6) is 11.5 Å². The topological polar surface area (TPSA) is 47.6 Å². The molecule has 0 aliphatic carbocycles. The summed E-state index contributed by atoms with van der Waals surface area (Å²) in [5.74, 6) is 1.18. The van der Waals surface area contributed by atoms with Gasteiger partial charge in [-0.25, -0.2) is 0 Å². The number of rotatable bonds is 7. The Hall–Kier alpha value is -3.27. The van der Waals surface area contributed by atoms with Gasteiger partial charge in [0.15, 0.2) is 11.5 Å². The van der Waals surface area contributed by atoms with E-state index < -0.39 is 0 Å². The predicted octanol–water partition coefficient (Wildman–Crippen LogP) is 4.82. The largest absolute Gasteiger partial charge is 0.454 e. The van der Waals surface area contributed by atoms with Crippen LogP contribution < -0.4 is 14.8 Å². The van der Waals surface area contributed by atoms with Crippen molar-refractivity contribution in [1.29, 1.82) is 0 Å². The minimum absolute atomic E-state index is 0.0116. The molecule has 0 bridgehead atoms. The minimum atomic E-state index is -0.346. The molecule has 3 aromatic rings. The lowest BCUT2D eigenvalue weighted by molar-refractivity contribution is -0.121. The van der Waals surface area contributed by atoms with E-state index in [9.17, 15) is 4.79 Å². The summed E-state index contributed by atoms with van der Waals surface area (Å²) in [7, 11) is 0. The van der Waals surface area contributed by atoms with Crippen molar-refractivity contribution in [2.45, 2.75) is 32.2 Å². The van der Waals surface area contributed by atoms with Gasteiger partial charge in [0.25, 0.3) is 0 Å². The van der Waals surface area contributed by atoms with Crippen molar-refractivity contribution in [3.8, 4) is 11.5 Å². The highest BCUT2D eigenvalue weighted by Gasteiger charge is 2.23. The Morgan fingerprint density at radius 3 is 2.00 bits per heavy atom. The van der Waals surface area contributed by atoms with E-state index in [0.717, 1.165) is 41.0 Å². The highest BCUT2D eigenvalue weighted by Crippen LogP contribution is 2.35. The zero-order chi connectivity index (χ0) is 20.1. The van der Waals surface area contributed by atoms with Crippen LogP contribution in [0.4, 0.5) is 0 Å².